The summed E-state index contributed by atoms with van der Waals surface area (Å²) in [4.78, 5) is 15.6. The predicted octanol–water partition coefficient (Wildman–Crippen LogP) is 4.32. The summed E-state index contributed by atoms with van der Waals surface area (Å²) in [6.07, 6.45) is 2.80. The smallest absolute Gasteiger partial charge is 0.315 e. The van der Waals surface area contributed by atoms with E-state index in [1.807, 2.05) is 55.1 Å². The minimum Gasteiger partial charge on any atom is -0.361 e. The van der Waals surface area contributed by atoms with Crippen LogP contribution in [0.3, 0.4) is 0 Å². The van der Waals surface area contributed by atoms with Gasteiger partial charge in [0.1, 0.15) is 0 Å². The molecule has 0 aliphatic heterocycles. The fraction of sp³-hybridized carbons (Fsp3) is 0.250. The van der Waals surface area contributed by atoms with E-state index in [-0.39, 0.29) is 6.03 Å². The summed E-state index contributed by atoms with van der Waals surface area (Å²) in [5.41, 5.74) is 7.59. The molecule has 30 heavy (non-hydrogen) atoms. The number of carbonyl (C=O) groups is 1. The summed E-state index contributed by atoms with van der Waals surface area (Å²) < 4.78 is 1.92. The number of amides is 2. The van der Waals surface area contributed by atoms with Gasteiger partial charge in [-0.1, -0.05) is 30.3 Å². The third-order valence-corrected chi connectivity index (χ3v) is 5.47. The van der Waals surface area contributed by atoms with Gasteiger partial charge in [0.15, 0.2) is 0 Å². The number of H-pyrrole nitrogens is 1. The van der Waals surface area contributed by atoms with Crippen molar-refractivity contribution in [3.05, 3.63) is 82.8 Å². The number of nitrogens with one attached hydrogen (secondary N) is 3. The maximum absolute atomic E-state index is 12.3. The predicted molar refractivity (Wildman–Crippen MR) is 120 cm³/mol. The van der Waals surface area contributed by atoms with E-state index >= 15 is 0 Å². The van der Waals surface area contributed by atoms with Crippen molar-refractivity contribution in [2.24, 2.45) is 0 Å². The monoisotopic (exact) mass is 401 g/mol. The number of hydrogen-bond acceptors (Lipinski definition) is 2. The van der Waals surface area contributed by atoms with Gasteiger partial charge in [0, 0.05) is 41.4 Å². The van der Waals surface area contributed by atoms with E-state index in [0.29, 0.717) is 13.1 Å². The molecule has 2 aromatic carbocycles. The molecule has 0 saturated heterocycles. The van der Waals surface area contributed by atoms with Gasteiger partial charge in [-0.25, -0.2) is 9.48 Å². The second-order valence-electron chi connectivity index (χ2n) is 7.62. The van der Waals surface area contributed by atoms with Crippen molar-refractivity contribution in [2.75, 3.05) is 6.54 Å². The molecular formula is C24H27N5O. The largest absolute Gasteiger partial charge is 0.361 e. The molecule has 0 bridgehead atoms. The zero-order chi connectivity index (χ0) is 21.1. The molecule has 0 fully saturated rings. The number of para-hydroxylation sites is 1. The molecule has 154 valence electrons. The number of aryl methyl sites for hydroxylation is 2. The fourth-order valence-electron chi connectivity index (χ4n) is 3.80. The second kappa shape index (κ2) is 8.45. The van der Waals surface area contributed by atoms with Crippen LogP contribution in [0.2, 0.25) is 0 Å². The second-order valence-corrected chi connectivity index (χ2v) is 7.62. The molecule has 6 nitrogen and oxygen atoms in total. The van der Waals surface area contributed by atoms with E-state index in [9.17, 15) is 4.79 Å². The van der Waals surface area contributed by atoms with Gasteiger partial charge >= 0.3 is 6.03 Å². The average molecular weight is 402 g/mol. The van der Waals surface area contributed by atoms with Crippen LogP contribution in [0.25, 0.3) is 16.6 Å². The van der Waals surface area contributed by atoms with Crippen molar-refractivity contribution < 1.29 is 4.79 Å². The Balaban J connectivity index is 1.32. The average Bonchev–Trinajstić information content (AvgIpc) is 3.27. The van der Waals surface area contributed by atoms with Crippen molar-refractivity contribution in [1.82, 2.24) is 25.4 Å². The van der Waals surface area contributed by atoms with Crippen molar-refractivity contribution in [3.63, 3.8) is 0 Å². The van der Waals surface area contributed by atoms with Gasteiger partial charge in [-0.3, -0.25) is 0 Å². The number of carbonyl (C=O) groups excluding carboxylic acids is 1. The Hall–Kier alpha value is -3.54. The van der Waals surface area contributed by atoms with Crippen LogP contribution < -0.4 is 10.6 Å². The molecule has 0 spiro atoms. The zero-order valence-electron chi connectivity index (χ0n) is 17.6. The number of urea groups is 1. The summed E-state index contributed by atoms with van der Waals surface area (Å²) in [6.45, 7) is 7.11. The number of aromatic amines is 1. The molecule has 0 unspecified atom stereocenters. The molecule has 2 aromatic heterocycles. The first kappa shape index (κ1) is 19.8. The molecule has 4 rings (SSSR count). The molecule has 0 radical (unpaired) electrons. The Kier molecular flexibility index (Phi) is 5.57. The maximum atomic E-state index is 12.3. The minimum atomic E-state index is -0.169. The lowest BCUT2D eigenvalue weighted by atomic mass is 10.1. The standard InChI is InChI=1S/C24H27N5O/c1-16-9-10-21-19(14-26-23(21)13-16)11-12-25-24(30)27-15-22-17(2)28-29(18(22)3)20-7-5-4-6-8-20/h4-10,13-14,26H,11-12,15H2,1-3H3,(H2,25,27,30). The number of hydrogen-bond donors (Lipinski definition) is 3. The van der Waals surface area contributed by atoms with Crippen LogP contribution in [0.1, 0.15) is 28.1 Å². The van der Waals surface area contributed by atoms with E-state index in [0.717, 1.165) is 34.6 Å². The summed E-state index contributed by atoms with van der Waals surface area (Å²) in [5, 5.41) is 11.8. The maximum Gasteiger partial charge on any atom is 0.315 e. The van der Waals surface area contributed by atoms with E-state index in [4.69, 9.17) is 0 Å². The van der Waals surface area contributed by atoms with Crippen LogP contribution in [0.15, 0.2) is 54.7 Å². The number of fused-ring (bicyclic) bond motifs is 1. The van der Waals surface area contributed by atoms with Gasteiger partial charge in [0.05, 0.1) is 11.4 Å². The van der Waals surface area contributed by atoms with Crippen molar-refractivity contribution in [1.29, 1.82) is 0 Å². The van der Waals surface area contributed by atoms with Gasteiger partial charge in [0.25, 0.3) is 0 Å². The summed E-state index contributed by atoms with van der Waals surface area (Å²) >= 11 is 0. The Bertz CT molecular complexity index is 1170. The van der Waals surface area contributed by atoms with Gasteiger partial charge in [0.2, 0.25) is 0 Å². The van der Waals surface area contributed by atoms with E-state index in [2.05, 4.69) is 45.8 Å². The van der Waals surface area contributed by atoms with Crippen LogP contribution in [-0.2, 0) is 13.0 Å². The third kappa shape index (κ3) is 4.08. The first-order valence-electron chi connectivity index (χ1n) is 10.2. The van der Waals surface area contributed by atoms with E-state index in [1.54, 1.807) is 0 Å². The fourth-order valence-corrected chi connectivity index (χ4v) is 3.80. The molecule has 0 aliphatic carbocycles. The molecule has 3 N–H and O–H groups in total. The molecule has 4 aromatic rings. The van der Waals surface area contributed by atoms with Gasteiger partial charge in [-0.15, -0.1) is 0 Å². The Morgan fingerprint density at radius 3 is 2.67 bits per heavy atom. The number of rotatable bonds is 6. The normalized spacial score (nSPS) is 11.0. The molecular weight excluding hydrogens is 374 g/mol. The summed E-state index contributed by atoms with van der Waals surface area (Å²) in [5.74, 6) is 0. The molecule has 6 heteroatoms. The van der Waals surface area contributed by atoms with Crippen molar-refractivity contribution in [2.45, 2.75) is 33.7 Å². The zero-order valence-corrected chi connectivity index (χ0v) is 17.6. The Morgan fingerprint density at radius 2 is 1.87 bits per heavy atom. The molecule has 2 amide bonds. The Morgan fingerprint density at radius 1 is 1.07 bits per heavy atom. The van der Waals surface area contributed by atoms with Crippen LogP contribution in [0.4, 0.5) is 4.79 Å². The van der Waals surface area contributed by atoms with E-state index in [1.165, 1.54) is 16.5 Å². The van der Waals surface area contributed by atoms with Gasteiger partial charge < -0.3 is 15.6 Å². The highest BCUT2D eigenvalue weighted by molar-refractivity contribution is 5.84. The van der Waals surface area contributed by atoms with Crippen molar-refractivity contribution in [3.8, 4) is 5.69 Å². The molecule has 0 atom stereocenters. The van der Waals surface area contributed by atoms with Crippen LogP contribution in [-0.4, -0.2) is 27.3 Å². The molecule has 0 aliphatic rings. The van der Waals surface area contributed by atoms with Crippen LogP contribution >= 0.6 is 0 Å². The highest BCUT2D eigenvalue weighted by Gasteiger charge is 2.13. The van der Waals surface area contributed by atoms with Crippen molar-refractivity contribution >= 4 is 16.9 Å². The quantitative estimate of drug-likeness (QED) is 0.450. The van der Waals surface area contributed by atoms with Crippen LogP contribution in [0, 0.1) is 20.8 Å². The molecule has 0 saturated carbocycles. The summed E-state index contributed by atoms with van der Waals surface area (Å²) in [7, 11) is 0. The molecule has 2 heterocycles. The Labute approximate surface area is 176 Å². The topological polar surface area (TPSA) is 74.7 Å². The van der Waals surface area contributed by atoms with Gasteiger partial charge in [-0.2, -0.15) is 5.10 Å². The first-order chi connectivity index (χ1) is 14.5. The van der Waals surface area contributed by atoms with Gasteiger partial charge in [-0.05, 0) is 56.5 Å². The number of benzene rings is 2. The lowest BCUT2D eigenvalue weighted by Gasteiger charge is -2.09. The first-order valence-corrected chi connectivity index (χ1v) is 10.2. The van der Waals surface area contributed by atoms with E-state index < -0.39 is 0 Å². The minimum absolute atomic E-state index is 0.169. The summed E-state index contributed by atoms with van der Waals surface area (Å²) in [6, 6.07) is 16.2. The number of nitrogens with zero attached hydrogens (tertiary/aromatic N) is 2. The van der Waals surface area contributed by atoms with Crippen LogP contribution in [0.5, 0.6) is 0 Å². The highest BCUT2D eigenvalue weighted by Crippen LogP contribution is 2.20. The third-order valence-electron chi connectivity index (χ3n) is 5.47. The SMILES string of the molecule is Cc1ccc2c(CCNC(=O)NCc3c(C)nn(-c4ccccc4)c3C)c[nH]c2c1. The number of aromatic nitrogens is 3. The lowest BCUT2D eigenvalue weighted by Crippen LogP contribution is -2.36. The lowest BCUT2D eigenvalue weighted by molar-refractivity contribution is 0.240. The highest BCUT2D eigenvalue weighted by atomic mass is 16.2.